The number of urea groups is 1. The van der Waals surface area contributed by atoms with Gasteiger partial charge in [-0.15, -0.1) is 0 Å². The summed E-state index contributed by atoms with van der Waals surface area (Å²) in [7, 11) is 3.64. The molecular formula is C27H31BrN8O. The van der Waals surface area contributed by atoms with Gasteiger partial charge in [0, 0.05) is 74.0 Å². The summed E-state index contributed by atoms with van der Waals surface area (Å²) in [6.45, 7) is 5.60. The highest BCUT2D eigenvalue weighted by atomic mass is 79.9. The molecular weight excluding hydrogens is 532 g/mol. The molecule has 10 heteroatoms. The van der Waals surface area contributed by atoms with Gasteiger partial charge in [0.15, 0.2) is 0 Å². The normalized spacial score (nSPS) is 14.8. The molecule has 9 nitrogen and oxygen atoms in total. The van der Waals surface area contributed by atoms with Gasteiger partial charge in [0.05, 0.1) is 17.8 Å². The van der Waals surface area contributed by atoms with Gasteiger partial charge >= 0.3 is 6.03 Å². The summed E-state index contributed by atoms with van der Waals surface area (Å²) in [6.07, 6.45) is 8.78. The molecule has 2 amide bonds. The molecule has 1 saturated heterocycles. The van der Waals surface area contributed by atoms with Crippen LogP contribution in [0.15, 0.2) is 81.8 Å². The number of hydrazone groups is 1. The van der Waals surface area contributed by atoms with E-state index in [4.69, 9.17) is 5.26 Å². The third-order valence-electron chi connectivity index (χ3n) is 5.90. The van der Waals surface area contributed by atoms with Crippen molar-refractivity contribution in [2.24, 2.45) is 16.0 Å². The number of aromatic nitrogens is 1. The molecule has 3 rings (SSSR count). The Balaban J connectivity index is 1.66. The first-order valence-corrected chi connectivity index (χ1v) is 12.7. The first kappa shape index (κ1) is 27.6. The second kappa shape index (κ2) is 13.9. The maximum Gasteiger partial charge on any atom is 0.321 e. The highest BCUT2D eigenvalue weighted by molar-refractivity contribution is 9.12. The molecule has 0 aliphatic carbocycles. The number of nitriles is 1. The number of allylic oxidation sites excluding steroid dienone is 2. The molecule has 1 aliphatic rings. The number of hydrogen-bond acceptors (Lipinski definition) is 7. The second-order valence-corrected chi connectivity index (χ2v) is 9.51. The van der Waals surface area contributed by atoms with Gasteiger partial charge < -0.3 is 15.5 Å². The average molecular weight is 564 g/mol. The molecule has 2 N–H and O–H groups in total. The number of piperidine rings is 1. The summed E-state index contributed by atoms with van der Waals surface area (Å²) in [5, 5.41) is 21.6. The number of carbonyl (C=O) groups excluding carboxylic acids is 1. The van der Waals surface area contributed by atoms with E-state index in [1.807, 2.05) is 31.5 Å². The Hall–Kier alpha value is -3.97. The Morgan fingerprint density at radius 1 is 1.35 bits per heavy atom. The molecule has 1 aromatic carbocycles. The van der Waals surface area contributed by atoms with E-state index in [1.165, 1.54) is 0 Å². The van der Waals surface area contributed by atoms with Crippen molar-refractivity contribution >= 4 is 39.6 Å². The first-order chi connectivity index (χ1) is 17.9. The predicted molar refractivity (Wildman–Crippen MR) is 151 cm³/mol. The summed E-state index contributed by atoms with van der Waals surface area (Å²) in [6, 6.07) is 12.7. The molecule has 192 valence electrons. The summed E-state index contributed by atoms with van der Waals surface area (Å²) in [5.74, 6) is 0.988. The van der Waals surface area contributed by atoms with Crippen LogP contribution in [-0.2, 0) is 6.54 Å². The van der Waals surface area contributed by atoms with Crippen LogP contribution in [0.4, 0.5) is 10.5 Å². The van der Waals surface area contributed by atoms with Crippen LogP contribution in [0.25, 0.3) is 0 Å². The zero-order chi connectivity index (χ0) is 26.6. The lowest BCUT2D eigenvalue weighted by molar-refractivity contribution is 0.193. The number of nitrogens with zero attached hydrogens (tertiary/aromatic N) is 6. The van der Waals surface area contributed by atoms with Crippen LogP contribution in [0.2, 0.25) is 0 Å². The molecule has 1 aromatic heterocycles. The smallest absolute Gasteiger partial charge is 0.321 e. The maximum atomic E-state index is 12.8. The van der Waals surface area contributed by atoms with Gasteiger partial charge in [-0.05, 0) is 58.6 Å². The zero-order valence-electron chi connectivity index (χ0n) is 21.1. The van der Waals surface area contributed by atoms with E-state index in [0.717, 1.165) is 29.9 Å². The molecule has 0 bridgehead atoms. The van der Waals surface area contributed by atoms with E-state index in [-0.39, 0.29) is 11.9 Å². The van der Waals surface area contributed by atoms with Crippen LogP contribution in [0.5, 0.6) is 0 Å². The van der Waals surface area contributed by atoms with Crippen LogP contribution in [0.3, 0.4) is 0 Å². The van der Waals surface area contributed by atoms with Crippen molar-refractivity contribution in [1.82, 2.24) is 20.2 Å². The van der Waals surface area contributed by atoms with Crippen LogP contribution < -0.4 is 10.6 Å². The number of nitrogens with one attached hydrogen (secondary N) is 2. The molecule has 0 radical (unpaired) electrons. The Bertz CT molecular complexity index is 1210. The highest BCUT2D eigenvalue weighted by Gasteiger charge is 2.26. The molecule has 1 fully saturated rings. The van der Waals surface area contributed by atoms with E-state index in [1.54, 1.807) is 53.6 Å². The number of halogens is 1. The first-order valence-electron chi connectivity index (χ1n) is 11.9. The Morgan fingerprint density at radius 2 is 2.14 bits per heavy atom. The number of hydrogen-bond donors (Lipinski definition) is 2. The zero-order valence-corrected chi connectivity index (χ0v) is 22.6. The van der Waals surface area contributed by atoms with Crippen LogP contribution >= 0.6 is 15.9 Å². The van der Waals surface area contributed by atoms with Gasteiger partial charge in [0.25, 0.3) is 0 Å². The van der Waals surface area contributed by atoms with Gasteiger partial charge in [-0.3, -0.25) is 15.0 Å². The number of aliphatic imine (C=N–C) groups is 1. The third kappa shape index (κ3) is 8.58. The van der Waals surface area contributed by atoms with E-state index >= 15 is 0 Å². The Morgan fingerprint density at radius 3 is 2.78 bits per heavy atom. The number of carbonyl (C=O) groups is 1. The van der Waals surface area contributed by atoms with Gasteiger partial charge in [-0.2, -0.15) is 10.4 Å². The van der Waals surface area contributed by atoms with Gasteiger partial charge in [0.1, 0.15) is 5.82 Å². The summed E-state index contributed by atoms with van der Waals surface area (Å²) >= 11 is 3.31. The summed E-state index contributed by atoms with van der Waals surface area (Å²) in [4.78, 5) is 23.3. The molecule has 1 aliphatic heterocycles. The highest BCUT2D eigenvalue weighted by Crippen LogP contribution is 2.22. The topological polar surface area (TPSA) is 109 Å². The van der Waals surface area contributed by atoms with Crippen molar-refractivity contribution in [3.8, 4) is 6.07 Å². The van der Waals surface area contributed by atoms with Crippen molar-refractivity contribution in [2.45, 2.75) is 19.4 Å². The van der Waals surface area contributed by atoms with E-state index in [9.17, 15) is 4.79 Å². The van der Waals surface area contributed by atoms with E-state index in [0.29, 0.717) is 35.4 Å². The van der Waals surface area contributed by atoms with Crippen molar-refractivity contribution in [2.75, 3.05) is 32.5 Å². The third-order valence-corrected chi connectivity index (χ3v) is 6.11. The van der Waals surface area contributed by atoms with Crippen molar-refractivity contribution in [3.05, 3.63) is 82.9 Å². The summed E-state index contributed by atoms with van der Waals surface area (Å²) in [5.41, 5.74) is 3.11. The number of pyridine rings is 1. The average Bonchev–Trinajstić information content (AvgIpc) is 2.92. The molecule has 0 spiro atoms. The van der Waals surface area contributed by atoms with Gasteiger partial charge in [0.2, 0.25) is 0 Å². The molecule has 0 unspecified atom stereocenters. The molecule has 2 heterocycles. The predicted octanol–water partition coefficient (Wildman–Crippen LogP) is 4.73. The standard InChI is InChI=1S/C27H31BrN8O/c1-20(28)17-33-35(3)26(32-19-22-7-5-11-31-18-22)15-25(30-2)23-9-12-36(13-10-23)27(37)34-24-8-4-6-21(14-24)16-29/h4-8,11,14-15,17-18,23,32H,1,9-10,12-13,19H2,2-3H3,(H,34,37)/b26-15-,30-25+,33-17-. The Kier molecular flexibility index (Phi) is 10.4. The number of benzene rings is 1. The second-order valence-electron chi connectivity index (χ2n) is 8.49. The largest absolute Gasteiger partial charge is 0.366 e. The lowest BCUT2D eigenvalue weighted by atomic mass is 9.91. The molecule has 0 atom stereocenters. The van der Waals surface area contributed by atoms with Crippen LogP contribution in [0, 0.1) is 17.2 Å². The number of likely N-dealkylation sites (tertiary alicyclic amines) is 1. The monoisotopic (exact) mass is 562 g/mol. The fourth-order valence-electron chi connectivity index (χ4n) is 3.92. The minimum absolute atomic E-state index is 0.165. The van der Waals surface area contributed by atoms with Crippen LogP contribution in [0.1, 0.15) is 24.0 Å². The SMILES string of the molecule is C=C(Br)/C=N\N(C)/C(=C\C(=N/C)C1CCN(C(=O)Nc2cccc(C#N)c2)CC1)NCc1cccnc1. The number of amides is 2. The minimum atomic E-state index is -0.165. The maximum absolute atomic E-state index is 12.8. The van der Waals surface area contributed by atoms with Crippen molar-refractivity contribution in [1.29, 1.82) is 5.26 Å². The molecule has 2 aromatic rings. The quantitative estimate of drug-likeness (QED) is 0.339. The number of rotatable bonds is 9. The van der Waals surface area contributed by atoms with Gasteiger partial charge in [-0.25, -0.2) is 4.79 Å². The van der Waals surface area contributed by atoms with Crippen LogP contribution in [-0.4, -0.2) is 60.0 Å². The molecule has 0 saturated carbocycles. The fraction of sp³-hybridized carbons (Fsp3) is 0.296. The number of anilines is 1. The lowest BCUT2D eigenvalue weighted by Crippen LogP contribution is -2.42. The minimum Gasteiger partial charge on any atom is -0.366 e. The van der Waals surface area contributed by atoms with Gasteiger partial charge in [-0.1, -0.05) is 18.7 Å². The van der Waals surface area contributed by atoms with E-state index in [2.05, 4.69) is 54.3 Å². The van der Waals surface area contributed by atoms with Crippen molar-refractivity contribution < 1.29 is 4.79 Å². The Labute approximate surface area is 226 Å². The summed E-state index contributed by atoms with van der Waals surface area (Å²) < 4.78 is 0.667. The van der Waals surface area contributed by atoms with E-state index < -0.39 is 0 Å². The lowest BCUT2D eigenvalue weighted by Gasteiger charge is -2.32. The van der Waals surface area contributed by atoms with Crippen molar-refractivity contribution in [3.63, 3.8) is 0 Å². The fourth-order valence-corrected chi connectivity index (χ4v) is 4.01. The molecule has 37 heavy (non-hydrogen) atoms.